The van der Waals surface area contributed by atoms with Crippen molar-refractivity contribution >= 4 is 11.6 Å². The standard InChI is InChI=1S/C18H21N5O3/c24-18(21-9-3-5-13-4-1-2-6-15(13)21)14-7-8-16(17(10-14)23(25)26)22-12-19-11-20-22/h7-8,10-13,15H,1-6,9H2/t13-,15-/m1/s1. The fraction of sp³-hybridized carbons (Fsp3) is 0.500. The van der Waals surface area contributed by atoms with Crippen molar-refractivity contribution < 1.29 is 9.72 Å². The van der Waals surface area contributed by atoms with Crippen LogP contribution in [-0.4, -0.2) is 43.1 Å². The summed E-state index contributed by atoms with van der Waals surface area (Å²) in [7, 11) is 0. The number of carbonyl (C=O) groups is 1. The van der Waals surface area contributed by atoms with E-state index < -0.39 is 4.92 Å². The molecule has 8 heteroatoms. The molecular weight excluding hydrogens is 334 g/mol. The number of fused-ring (bicyclic) bond motifs is 1. The monoisotopic (exact) mass is 355 g/mol. The zero-order valence-corrected chi connectivity index (χ0v) is 14.5. The number of piperidine rings is 1. The van der Waals surface area contributed by atoms with Gasteiger partial charge in [-0.05, 0) is 43.7 Å². The first-order valence-electron chi connectivity index (χ1n) is 9.09. The maximum Gasteiger partial charge on any atom is 0.295 e. The molecule has 1 amide bonds. The van der Waals surface area contributed by atoms with Gasteiger partial charge in [0.15, 0.2) is 0 Å². The van der Waals surface area contributed by atoms with Crippen LogP contribution < -0.4 is 0 Å². The number of hydrogen-bond acceptors (Lipinski definition) is 5. The lowest BCUT2D eigenvalue weighted by molar-refractivity contribution is -0.384. The van der Waals surface area contributed by atoms with E-state index in [1.54, 1.807) is 12.1 Å². The molecule has 2 heterocycles. The first kappa shape index (κ1) is 16.7. The van der Waals surface area contributed by atoms with E-state index in [2.05, 4.69) is 10.1 Å². The van der Waals surface area contributed by atoms with E-state index in [0.29, 0.717) is 17.2 Å². The van der Waals surface area contributed by atoms with Gasteiger partial charge in [0.1, 0.15) is 18.3 Å². The fourth-order valence-electron chi connectivity index (χ4n) is 4.37. The minimum Gasteiger partial charge on any atom is -0.335 e. The molecule has 4 rings (SSSR count). The lowest BCUT2D eigenvalue weighted by atomic mass is 9.78. The maximum atomic E-state index is 13.1. The normalized spacial score (nSPS) is 22.7. The quantitative estimate of drug-likeness (QED) is 0.623. The number of likely N-dealkylation sites (tertiary alicyclic amines) is 1. The molecule has 2 fully saturated rings. The lowest BCUT2D eigenvalue weighted by Gasteiger charge is -2.44. The van der Waals surface area contributed by atoms with Gasteiger partial charge in [-0.25, -0.2) is 9.67 Å². The van der Waals surface area contributed by atoms with Crippen LogP contribution in [0.15, 0.2) is 30.9 Å². The highest BCUT2D eigenvalue weighted by Gasteiger charge is 2.36. The number of nitro groups is 1. The van der Waals surface area contributed by atoms with Crippen LogP contribution in [0.5, 0.6) is 0 Å². The first-order chi connectivity index (χ1) is 12.6. The first-order valence-corrected chi connectivity index (χ1v) is 9.09. The van der Waals surface area contributed by atoms with E-state index >= 15 is 0 Å². The molecule has 8 nitrogen and oxygen atoms in total. The zero-order valence-electron chi connectivity index (χ0n) is 14.5. The molecule has 1 aliphatic heterocycles. The predicted molar refractivity (Wildman–Crippen MR) is 94.0 cm³/mol. The Morgan fingerprint density at radius 1 is 1.19 bits per heavy atom. The van der Waals surface area contributed by atoms with Crippen molar-refractivity contribution in [3.05, 3.63) is 46.5 Å². The van der Waals surface area contributed by atoms with Gasteiger partial charge >= 0.3 is 0 Å². The number of carbonyl (C=O) groups excluding carboxylic acids is 1. The number of rotatable bonds is 3. The van der Waals surface area contributed by atoms with Gasteiger partial charge in [0, 0.05) is 24.2 Å². The third-order valence-corrected chi connectivity index (χ3v) is 5.59. The molecule has 2 aromatic rings. The largest absolute Gasteiger partial charge is 0.335 e. The number of nitro benzene ring substituents is 1. The van der Waals surface area contributed by atoms with E-state index in [4.69, 9.17) is 0 Å². The molecule has 1 aromatic carbocycles. The van der Waals surface area contributed by atoms with E-state index in [9.17, 15) is 14.9 Å². The Kier molecular flexibility index (Phi) is 4.40. The summed E-state index contributed by atoms with van der Waals surface area (Å²) >= 11 is 0. The van der Waals surface area contributed by atoms with Crippen LogP contribution >= 0.6 is 0 Å². The Morgan fingerprint density at radius 2 is 2.00 bits per heavy atom. The second-order valence-electron chi connectivity index (χ2n) is 7.05. The van der Waals surface area contributed by atoms with Crippen LogP contribution in [0.4, 0.5) is 5.69 Å². The highest BCUT2D eigenvalue weighted by atomic mass is 16.6. The summed E-state index contributed by atoms with van der Waals surface area (Å²) in [4.78, 5) is 29.9. The number of benzene rings is 1. The molecule has 0 radical (unpaired) electrons. The van der Waals surface area contributed by atoms with Crippen molar-refractivity contribution in [3.63, 3.8) is 0 Å². The summed E-state index contributed by atoms with van der Waals surface area (Å²) in [5, 5.41) is 15.5. The molecule has 0 bridgehead atoms. The van der Waals surface area contributed by atoms with E-state index in [1.807, 2.05) is 4.90 Å². The smallest absolute Gasteiger partial charge is 0.295 e. The minimum absolute atomic E-state index is 0.102. The summed E-state index contributed by atoms with van der Waals surface area (Å²) in [5.41, 5.74) is 0.531. The molecule has 1 saturated heterocycles. The molecular formula is C18H21N5O3. The minimum atomic E-state index is -0.479. The summed E-state index contributed by atoms with van der Waals surface area (Å²) in [6, 6.07) is 4.87. The van der Waals surface area contributed by atoms with Crippen LogP contribution in [0.2, 0.25) is 0 Å². The van der Waals surface area contributed by atoms with Crippen LogP contribution in [0.3, 0.4) is 0 Å². The second kappa shape index (κ2) is 6.86. The fourth-order valence-corrected chi connectivity index (χ4v) is 4.37. The Morgan fingerprint density at radius 3 is 2.77 bits per heavy atom. The highest BCUT2D eigenvalue weighted by Crippen LogP contribution is 2.36. The van der Waals surface area contributed by atoms with E-state index in [0.717, 1.165) is 25.8 Å². The molecule has 0 spiro atoms. The van der Waals surface area contributed by atoms with Gasteiger partial charge in [0.25, 0.3) is 11.6 Å². The number of amides is 1. The van der Waals surface area contributed by atoms with E-state index in [-0.39, 0.29) is 17.6 Å². The van der Waals surface area contributed by atoms with Crippen LogP contribution in [0.1, 0.15) is 48.9 Å². The molecule has 26 heavy (non-hydrogen) atoms. The lowest BCUT2D eigenvalue weighted by Crippen LogP contribution is -2.49. The Balaban J connectivity index is 1.65. The number of aromatic nitrogens is 3. The molecule has 1 aliphatic carbocycles. The van der Waals surface area contributed by atoms with Gasteiger partial charge in [-0.15, -0.1) is 0 Å². The van der Waals surface area contributed by atoms with Gasteiger partial charge < -0.3 is 4.90 Å². The molecule has 0 N–H and O–H groups in total. The van der Waals surface area contributed by atoms with Crippen molar-refractivity contribution in [1.29, 1.82) is 0 Å². The molecule has 1 saturated carbocycles. The maximum absolute atomic E-state index is 13.1. The predicted octanol–water partition coefficient (Wildman–Crippen LogP) is 2.97. The molecule has 136 valence electrons. The topological polar surface area (TPSA) is 94.2 Å². The third kappa shape index (κ3) is 2.95. The van der Waals surface area contributed by atoms with Gasteiger partial charge in [0.2, 0.25) is 0 Å². The second-order valence-corrected chi connectivity index (χ2v) is 7.05. The Hall–Kier alpha value is -2.77. The Bertz CT molecular complexity index is 818. The van der Waals surface area contributed by atoms with Gasteiger partial charge in [-0.3, -0.25) is 14.9 Å². The third-order valence-electron chi connectivity index (χ3n) is 5.59. The van der Waals surface area contributed by atoms with Crippen molar-refractivity contribution in [2.24, 2.45) is 5.92 Å². The number of hydrogen-bond donors (Lipinski definition) is 0. The molecule has 2 atom stereocenters. The average Bonchev–Trinajstić information content (AvgIpc) is 3.21. The van der Waals surface area contributed by atoms with Crippen molar-refractivity contribution in [2.75, 3.05) is 6.54 Å². The highest BCUT2D eigenvalue weighted by molar-refractivity contribution is 5.95. The molecule has 0 unspecified atom stereocenters. The molecule has 2 aliphatic rings. The van der Waals surface area contributed by atoms with Crippen LogP contribution in [-0.2, 0) is 0 Å². The number of nitrogens with zero attached hydrogens (tertiary/aromatic N) is 5. The van der Waals surface area contributed by atoms with Crippen molar-refractivity contribution in [1.82, 2.24) is 19.7 Å². The van der Waals surface area contributed by atoms with Crippen molar-refractivity contribution in [3.8, 4) is 5.69 Å². The molecule has 1 aromatic heterocycles. The Labute approximate surface area is 151 Å². The summed E-state index contributed by atoms with van der Waals surface area (Å²) < 4.78 is 1.34. The van der Waals surface area contributed by atoms with Crippen molar-refractivity contribution in [2.45, 2.75) is 44.6 Å². The van der Waals surface area contributed by atoms with Gasteiger partial charge in [-0.1, -0.05) is 12.8 Å². The zero-order chi connectivity index (χ0) is 18.1. The van der Waals surface area contributed by atoms with Crippen LogP contribution in [0.25, 0.3) is 5.69 Å². The average molecular weight is 355 g/mol. The van der Waals surface area contributed by atoms with E-state index in [1.165, 1.54) is 42.7 Å². The van der Waals surface area contributed by atoms with Crippen LogP contribution in [0, 0.1) is 16.0 Å². The SMILES string of the molecule is O=C(c1ccc(-n2cncn2)c([N+](=O)[O-])c1)N1CCC[C@H]2CCCC[C@H]21. The van der Waals surface area contributed by atoms with Gasteiger partial charge in [-0.2, -0.15) is 5.10 Å². The summed E-state index contributed by atoms with van der Waals surface area (Å²) in [5.74, 6) is 0.473. The summed E-state index contributed by atoms with van der Waals surface area (Å²) in [6.45, 7) is 0.735. The summed E-state index contributed by atoms with van der Waals surface area (Å²) in [6.07, 6.45) is 9.51. The van der Waals surface area contributed by atoms with Gasteiger partial charge in [0.05, 0.1) is 4.92 Å².